The first kappa shape index (κ1) is 15.9. The molecule has 0 unspecified atom stereocenters. The van der Waals surface area contributed by atoms with Crippen LogP contribution in [-0.4, -0.2) is 33.1 Å². The van der Waals surface area contributed by atoms with Crippen molar-refractivity contribution < 1.29 is 19.6 Å². The van der Waals surface area contributed by atoms with Crippen LogP contribution in [0.4, 0.5) is 5.69 Å². The number of rotatable bonds is 3. The maximum Gasteiger partial charge on any atom is 0.312 e. The number of halogens is 1. The number of carbonyl (C=O) groups is 2. The zero-order valence-electron chi connectivity index (χ0n) is 12.7. The maximum absolute atomic E-state index is 12.5. The van der Waals surface area contributed by atoms with Crippen LogP contribution in [0.2, 0.25) is 0 Å². The number of amides is 2. The Morgan fingerprint density at radius 2 is 1.84 bits per heavy atom. The monoisotopic (exact) mass is 405 g/mol. The van der Waals surface area contributed by atoms with Gasteiger partial charge in [-0.2, -0.15) is 10.1 Å². The van der Waals surface area contributed by atoms with Crippen molar-refractivity contribution in [3.05, 3.63) is 44.4 Å². The van der Waals surface area contributed by atoms with Crippen molar-refractivity contribution in [1.29, 1.82) is 0 Å². The predicted molar refractivity (Wildman–Crippen MR) is 89.6 cm³/mol. The van der Waals surface area contributed by atoms with Gasteiger partial charge in [0.15, 0.2) is 0 Å². The Hall–Kier alpha value is -2.55. The molecule has 8 nitrogen and oxygen atoms in total. The van der Waals surface area contributed by atoms with Gasteiger partial charge in [-0.3, -0.25) is 19.7 Å². The second-order valence-corrected chi connectivity index (χ2v) is 7.27. The van der Waals surface area contributed by atoms with Crippen LogP contribution in [0.3, 0.4) is 0 Å². The van der Waals surface area contributed by atoms with Crippen LogP contribution in [0.25, 0.3) is 0 Å². The zero-order chi connectivity index (χ0) is 17.9. The van der Waals surface area contributed by atoms with E-state index in [4.69, 9.17) is 0 Å². The molecule has 2 aliphatic carbocycles. The molecule has 9 heteroatoms. The van der Waals surface area contributed by atoms with E-state index in [1.165, 1.54) is 6.07 Å². The van der Waals surface area contributed by atoms with E-state index in [1.54, 1.807) is 0 Å². The number of allylic oxidation sites excluding steroid dienone is 2. The minimum atomic E-state index is -0.725. The summed E-state index contributed by atoms with van der Waals surface area (Å²) in [6.45, 7) is 0. The first-order valence-corrected chi connectivity index (χ1v) is 8.45. The molecule has 1 N–H and O–H groups in total. The van der Waals surface area contributed by atoms with E-state index in [-0.39, 0.29) is 41.0 Å². The number of fused-ring (bicyclic) bond motifs is 5. The van der Waals surface area contributed by atoms with Crippen LogP contribution in [0.5, 0.6) is 5.75 Å². The highest BCUT2D eigenvalue weighted by Gasteiger charge is 2.59. The molecule has 4 atom stereocenters. The maximum atomic E-state index is 12.5. The summed E-state index contributed by atoms with van der Waals surface area (Å²) in [4.78, 5) is 35.3. The highest BCUT2D eigenvalue weighted by molar-refractivity contribution is 9.10. The number of phenolic OH excluding ortho intramolecular Hbond substituents is 1. The Morgan fingerprint density at radius 1 is 1.24 bits per heavy atom. The standard InChI is InChI=1S/C16H12BrN3O5/c17-10-4-9(14(21)11(5-10)20(24)25)6-18-19-15(22)12-7-1-2-8(3-7)13(12)16(19)23/h1-2,4-8,12-13,21H,3H2/b18-6-/t7-,8+,12-,13-/m0/s1. The van der Waals surface area contributed by atoms with Crippen LogP contribution >= 0.6 is 15.9 Å². The van der Waals surface area contributed by atoms with Crippen molar-refractivity contribution in [3.8, 4) is 5.75 Å². The number of aromatic hydroxyl groups is 1. The first-order chi connectivity index (χ1) is 11.9. The molecule has 1 heterocycles. The predicted octanol–water partition coefficient (Wildman–Crippen LogP) is 2.20. The van der Waals surface area contributed by atoms with Gasteiger partial charge in [0.1, 0.15) is 0 Å². The molecule has 1 aromatic carbocycles. The van der Waals surface area contributed by atoms with Gasteiger partial charge in [0.05, 0.1) is 23.0 Å². The summed E-state index contributed by atoms with van der Waals surface area (Å²) >= 11 is 3.12. The fourth-order valence-electron chi connectivity index (χ4n) is 3.96. The minimum Gasteiger partial charge on any atom is -0.502 e. The number of nitro benzene ring substituents is 1. The van der Waals surface area contributed by atoms with Crippen molar-refractivity contribution in [1.82, 2.24) is 5.01 Å². The number of hydrazone groups is 1. The van der Waals surface area contributed by atoms with Crippen molar-refractivity contribution in [2.24, 2.45) is 28.8 Å². The molecular weight excluding hydrogens is 394 g/mol. The van der Waals surface area contributed by atoms with Gasteiger partial charge in [-0.1, -0.05) is 28.1 Å². The number of benzene rings is 1. The Bertz CT molecular complexity index is 851. The Balaban J connectivity index is 1.64. The molecule has 128 valence electrons. The molecule has 25 heavy (non-hydrogen) atoms. The molecule has 0 aromatic heterocycles. The van der Waals surface area contributed by atoms with Crippen LogP contribution in [0, 0.1) is 33.8 Å². The van der Waals surface area contributed by atoms with Gasteiger partial charge in [0.2, 0.25) is 5.75 Å². The molecule has 2 amide bonds. The number of phenols is 1. The smallest absolute Gasteiger partial charge is 0.312 e. The molecule has 1 saturated heterocycles. The van der Waals surface area contributed by atoms with E-state index in [9.17, 15) is 24.8 Å². The van der Waals surface area contributed by atoms with E-state index >= 15 is 0 Å². The van der Waals surface area contributed by atoms with Gasteiger partial charge in [-0.05, 0) is 24.3 Å². The lowest BCUT2D eigenvalue weighted by atomic mass is 9.85. The van der Waals surface area contributed by atoms with Gasteiger partial charge < -0.3 is 5.11 Å². The summed E-state index contributed by atoms with van der Waals surface area (Å²) in [7, 11) is 0. The molecule has 0 radical (unpaired) electrons. The van der Waals surface area contributed by atoms with Crippen molar-refractivity contribution in [2.45, 2.75) is 6.42 Å². The van der Waals surface area contributed by atoms with Gasteiger partial charge in [0.25, 0.3) is 11.8 Å². The largest absolute Gasteiger partial charge is 0.502 e. The molecule has 2 fully saturated rings. The number of hydrogen-bond acceptors (Lipinski definition) is 6. The van der Waals surface area contributed by atoms with Crippen molar-refractivity contribution in [2.75, 3.05) is 0 Å². The quantitative estimate of drug-likeness (QED) is 0.272. The van der Waals surface area contributed by atoms with Gasteiger partial charge in [-0.25, -0.2) is 0 Å². The highest BCUT2D eigenvalue weighted by atomic mass is 79.9. The molecule has 1 saturated carbocycles. The third kappa shape index (κ3) is 2.30. The van der Waals surface area contributed by atoms with Gasteiger partial charge >= 0.3 is 5.69 Å². The molecular formula is C16H12BrN3O5. The fourth-order valence-corrected chi connectivity index (χ4v) is 4.43. The molecule has 1 aliphatic heterocycles. The summed E-state index contributed by atoms with van der Waals surface area (Å²) < 4.78 is 0.372. The molecule has 3 aliphatic rings. The normalized spacial score (nSPS) is 29.9. The van der Waals surface area contributed by atoms with E-state index in [0.29, 0.717) is 4.47 Å². The Morgan fingerprint density at radius 3 is 2.40 bits per heavy atom. The van der Waals surface area contributed by atoms with Crippen LogP contribution in [0.1, 0.15) is 12.0 Å². The number of carbonyl (C=O) groups excluding carboxylic acids is 2. The zero-order valence-corrected chi connectivity index (χ0v) is 14.3. The van der Waals surface area contributed by atoms with Gasteiger partial charge in [-0.15, -0.1) is 0 Å². The van der Waals surface area contributed by atoms with E-state index < -0.39 is 16.4 Å². The lowest BCUT2D eigenvalue weighted by Crippen LogP contribution is -2.28. The average Bonchev–Trinajstić information content (AvgIpc) is 3.23. The number of nitrogens with zero attached hydrogens (tertiary/aromatic N) is 3. The Kier molecular flexibility index (Phi) is 3.50. The summed E-state index contributed by atoms with van der Waals surface area (Å²) in [5.41, 5.74) is -0.450. The second-order valence-electron chi connectivity index (χ2n) is 6.35. The summed E-state index contributed by atoms with van der Waals surface area (Å²) in [5, 5.41) is 25.7. The van der Waals surface area contributed by atoms with E-state index in [2.05, 4.69) is 21.0 Å². The topological polar surface area (TPSA) is 113 Å². The van der Waals surface area contributed by atoms with Crippen molar-refractivity contribution in [3.63, 3.8) is 0 Å². The number of hydrogen-bond donors (Lipinski definition) is 1. The first-order valence-electron chi connectivity index (χ1n) is 7.65. The van der Waals surface area contributed by atoms with Gasteiger partial charge in [0, 0.05) is 16.1 Å². The summed E-state index contributed by atoms with van der Waals surface area (Å²) in [6.07, 6.45) is 5.88. The second kappa shape index (κ2) is 5.48. The van der Waals surface area contributed by atoms with Crippen LogP contribution in [-0.2, 0) is 9.59 Å². The molecule has 0 spiro atoms. The SMILES string of the molecule is O=C1[C@@H]2[C@@H](C(=O)N1/N=C\c1cc(Br)cc([N+](=O)[O-])c1O)[C@H]1C=C[C@@H]2C1. The fraction of sp³-hybridized carbons (Fsp3) is 0.312. The highest BCUT2D eigenvalue weighted by Crippen LogP contribution is 2.52. The molecule has 1 aromatic rings. The molecule has 2 bridgehead atoms. The molecule has 4 rings (SSSR count). The van der Waals surface area contributed by atoms with E-state index in [0.717, 1.165) is 23.7 Å². The third-order valence-corrected chi connectivity index (χ3v) is 5.50. The lowest BCUT2D eigenvalue weighted by molar-refractivity contribution is -0.385. The Labute approximate surface area is 150 Å². The van der Waals surface area contributed by atoms with Crippen LogP contribution < -0.4 is 0 Å². The number of nitro groups is 1. The lowest BCUT2D eigenvalue weighted by Gasteiger charge is -2.13. The third-order valence-electron chi connectivity index (χ3n) is 5.04. The van der Waals surface area contributed by atoms with Crippen LogP contribution in [0.15, 0.2) is 33.9 Å². The van der Waals surface area contributed by atoms with E-state index in [1.807, 2.05) is 12.2 Å². The minimum absolute atomic E-state index is 0.0415. The van der Waals surface area contributed by atoms with Crippen molar-refractivity contribution >= 4 is 39.6 Å². The average molecular weight is 406 g/mol. The summed E-state index contributed by atoms with van der Waals surface area (Å²) in [5.74, 6) is -1.87. The number of imide groups is 1. The summed E-state index contributed by atoms with van der Waals surface area (Å²) in [6, 6.07) is 2.58.